The predicted octanol–water partition coefficient (Wildman–Crippen LogP) is -0.0118. The van der Waals surface area contributed by atoms with E-state index in [2.05, 4.69) is 22.3 Å². The summed E-state index contributed by atoms with van der Waals surface area (Å²) in [7, 11) is 0. The third kappa shape index (κ3) is 3.28. The van der Waals surface area contributed by atoms with Gasteiger partial charge in [0, 0.05) is 26.2 Å². The lowest BCUT2D eigenvalue weighted by molar-refractivity contribution is -0.123. The van der Waals surface area contributed by atoms with Gasteiger partial charge >= 0.3 is 0 Å². The molecule has 4 nitrogen and oxygen atoms in total. The standard InChI is InChI=1S/C13H19N3O/c14-13(17)12-10-15-7-9-16(12)8-6-11-4-2-1-3-5-11/h1-5,12,15H,6-10H2,(H2,14,17)/t12-/m0/s1. The van der Waals surface area contributed by atoms with Gasteiger partial charge in [0.25, 0.3) is 0 Å². The Morgan fingerprint density at radius 2 is 2.18 bits per heavy atom. The van der Waals surface area contributed by atoms with E-state index in [-0.39, 0.29) is 11.9 Å². The van der Waals surface area contributed by atoms with Gasteiger partial charge in [-0.15, -0.1) is 0 Å². The number of hydrogen-bond donors (Lipinski definition) is 2. The highest BCUT2D eigenvalue weighted by atomic mass is 16.1. The third-order valence-corrected chi connectivity index (χ3v) is 3.21. The van der Waals surface area contributed by atoms with E-state index in [0.717, 1.165) is 26.1 Å². The second-order valence-corrected chi connectivity index (χ2v) is 4.39. The van der Waals surface area contributed by atoms with Crippen LogP contribution < -0.4 is 11.1 Å². The fourth-order valence-corrected chi connectivity index (χ4v) is 2.21. The summed E-state index contributed by atoms with van der Waals surface area (Å²) in [4.78, 5) is 13.5. The van der Waals surface area contributed by atoms with Crippen LogP contribution in [-0.2, 0) is 11.2 Å². The molecule has 1 aromatic rings. The van der Waals surface area contributed by atoms with E-state index in [1.165, 1.54) is 5.56 Å². The molecule has 0 aromatic heterocycles. The molecule has 1 aliphatic heterocycles. The van der Waals surface area contributed by atoms with Crippen molar-refractivity contribution < 1.29 is 4.79 Å². The number of rotatable bonds is 4. The first-order chi connectivity index (χ1) is 8.27. The van der Waals surface area contributed by atoms with E-state index >= 15 is 0 Å². The maximum absolute atomic E-state index is 11.3. The van der Waals surface area contributed by atoms with E-state index in [4.69, 9.17) is 5.73 Å². The topological polar surface area (TPSA) is 58.4 Å². The number of amides is 1. The van der Waals surface area contributed by atoms with Gasteiger partial charge in [0.05, 0.1) is 0 Å². The fourth-order valence-electron chi connectivity index (χ4n) is 2.21. The van der Waals surface area contributed by atoms with Gasteiger partial charge < -0.3 is 11.1 Å². The molecule has 3 N–H and O–H groups in total. The molecule has 1 saturated heterocycles. The molecule has 0 saturated carbocycles. The Labute approximate surface area is 102 Å². The lowest BCUT2D eigenvalue weighted by Gasteiger charge is -2.34. The van der Waals surface area contributed by atoms with Gasteiger partial charge in [-0.25, -0.2) is 0 Å². The Morgan fingerprint density at radius 3 is 2.88 bits per heavy atom. The number of carbonyl (C=O) groups is 1. The molecule has 0 bridgehead atoms. The quantitative estimate of drug-likeness (QED) is 0.769. The predicted molar refractivity (Wildman–Crippen MR) is 67.6 cm³/mol. The fraction of sp³-hybridized carbons (Fsp3) is 0.462. The Bertz CT molecular complexity index is 366. The molecule has 2 rings (SSSR count). The first kappa shape index (κ1) is 12.1. The molecule has 0 spiro atoms. The Hall–Kier alpha value is -1.39. The zero-order valence-corrected chi connectivity index (χ0v) is 9.93. The molecule has 1 heterocycles. The van der Waals surface area contributed by atoms with Crippen LogP contribution in [0, 0.1) is 0 Å². The van der Waals surface area contributed by atoms with Gasteiger partial charge in [-0.3, -0.25) is 9.69 Å². The highest BCUT2D eigenvalue weighted by molar-refractivity contribution is 5.80. The lowest BCUT2D eigenvalue weighted by Crippen LogP contribution is -2.57. The third-order valence-electron chi connectivity index (χ3n) is 3.21. The SMILES string of the molecule is NC(=O)[C@@H]1CNCCN1CCc1ccccc1. The van der Waals surface area contributed by atoms with Crippen LogP contribution in [-0.4, -0.2) is 43.0 Å². The molecule has 0 radical (unpaired) electrons. The molecule has 1 fully saturated rings. The molecule has 1 amide bonds. The number of hydrogen-bond acceptors (Lipinski definition) is 3. The normalized spacial score (nSPS) is 21.3. The largest absolute Gasteiger partial charge is 0.368 e. The number of piperazine rings is 1. The molecule has 4 heteroatoms. The van der Waals surface area contributed by atoms with Gasteiger partial charge in [-0.1, -0.05) is 30.3 Å². The zero-order valence-electron chi connectivity index (χ0n) is 9.93. The van der Waals surface area contributed by atoms with Crippen molar-refractivity contribution in [1.82, 2.24) is 10.2 Å². The smallest absolute Gasteiger partial charge is 0.236 e. The van der Waals surface area contributed by atoms with Crippen LogP contribution in [0.1, 0.15) is 5.56 Å². The van der Waals surface area contributed by atoms with Gasteiger partial charge in [-0.05, 0) is 12.0 Å². The monoisotopic (exact) mass is 233 g/mol. The van der Waals surface area contributed by atoms with E-state index in [9.17, 15) is 4.79 Å². The molecule has 92 valence electrons. The molecular weight excluding hydrogens is 214 g/mol. The van der Waals surface area contributed by atoms with Gasteiger partial charge in [0.15, 0.2) is 0 Å². The summed E-state index contributed by atoms with van der Waals surface area (Å²) in [6.45, 7) is 3.38. The molecule has 0 aliphatic carbocycles. The van der Waals surface area contributed by atoms with Crippen molar-refractivity contribution in [3.05, 3.63) is 35.9 Å². The summed E-state index contributed by atoms with van der Waals surface area (Å²) < 4.78 is 0. The Morgan fingerprint density at radius 1 is 1.41 bits per heavy atom. The van der Waals surface area contributed by atoms with Crippen molar-refractivity contribution >= 4 is 5.91 Å². The minimum Gasteiger partial charge on any atom is -0.368 e. The summed E-state index contributed by atoms with van der Waals surface area (Å²) in [5, 5.41) is 3.20. The molecule has 1 aliphatic rings. The summed E-state index contributed by atoms with van der Waals surface area (Å²) in [6.07, 6.45) is 0.963. The summed E-state index contributed by atoms with van der Waals surface area (Å²) in [5.41, 5.74) is 6.71. The Kier molecular flexibility index (Phi) is 4.12. The van der Waals surface area contributed by atoms with Crippen molar-refractivity contribution in [2.45, 2.75) is 12.5 Å². The van der Waals surface area contributed by atoms with E-state index < -0.39 is 0 Å². The number of carbonyl (C=O) groups excluding carboxylic acids is 1. The van der Waals surface area contributed by atoms with Crippen molar-refractivity contribution in [1.29, 1.82) is 0 Å². The summed E-state index contributed by atoms with van der Waals surface area (Å²) in [5.74, 6) is -0.231. The van der Waals surface area contributed by atoms with E-state index in [0.29, 0.717) is 6.54 Å². The van der Waals surface area contributed by atoms with Crippen molar-refractivity contribution in [3.63, 3.8) is 0 Å². The van der Waals surface area contributed by atoms with Crippen LogP contribution in [0.5, 0.6) is 0 Å². The van der Waals surface area contributed by atoms with Gasteiger partial charge in [0.2, 0.25) is 5.91 Å². The maximum atomic E-state index is 11.3. The van der Waals surface area contributed by atoms with Gasteiger partial charge in [-0.2, -0.15) is 0 Å². The van der Waals surface area contributed by atoms with Crippen LogP contribution in [0.2, 0.25) is 0 Å². The Balaban J connectivity index is 1.90. The van der Waals surface area contributed by atoms with Crippen LogP contribution in [0.3, 0.4) is 0 Å². The van der Waals surface area contributed by atoms with Crippen molar-refractivity contribution in [2.75, 3.05) is 26.2 Å². The summed E-state index contributed by atoms with van der Waals surface area (Å²) in [6, 6.07) is 10.2. The van der Waals surface area contributed by atoms with Crippen molar-refractivity contribution in [2.24, 2.45) is 5.73 Å². The number of nitrogens with one attached hydrogen (secondary N) is 1. The van der Waals surface area contributed by atoms with E-state index in [1.807, 2.05) is 18.2 Å². The van der Waals surface area contributed by atoms with E-state index in [1.54, 1.807) is 0 Å². The van der Waals surface area contributed by atoms with Crippen LogP contribution in [0.25, 0.3) is 0 Å². The molecule has 1 atom stereocenters. The highest BCUT2D eigenvalue weighted by Gasteiger charge is 2.25. The first-order valence-electron chi connectivity index (χ1n) is 6.05. The highest BCUT2D eigenvalue weighted by Crippen LogP contribution is 2.06. The average molecular weight is 233 g/mol. The molecular formula is C13H19N3O. The van der Waals surface area contributed by atoms with Crippen molar-refractivity contribution in [3.8, 4) is 0 Å². The second kappa shape index (κ2) is 5.80. The van der Waals surface area contributed by atoms with Gasteiger partial charge in [0.1, 0.15) is 6.04 Å². The van der Waals surface area contributed by atoms with Crippen LogP contribution >= 0.6 is 0 Å². The minimum atomic E-state index is -0.231. The number of nitrogens with zero attached hydrogens (tertiary/aromatic N) is 1. The minimum absolute atomic E-state index is 0.160. The second-order valence-electron chi connectivity index (χ2n) is 4.39. The molecule has 0 unspecified atom stereocenters. The average Bonchev–Trinajstić information content (AvgIpc) is 2.38. The molecule has 1 aromatic carbocycles. The van der Waals surface area contributed by atoms with Crippen LogP contribution in [0.15, 0.2) is 30.3 Å². The zero-order chi connectivity index (χ0) is 12.1. The molecule has 17 heavy (non-hydrogen) atoms. The van der Waals surface area contributed by atoms with Crippen LogP contribution in [0.4, 0.5) is 0 Å². The first-order valence-corrected chi connectivity index (χ1v) is 6.05. The summed E-state index contributed by atoms with van der Waals surface area (Å²) >= 11 is 0. The number of nitrogens with two attached hydrogens (primary N) is 1. The number of benzene rings is 1. The number of primary amides is 1. The lowest BCUT2D eigenvalue weighted by atomic mass is 10.1. The maximum Gasteiger partial charge on any atom is 0.236 e.